The summed E-state index contributed by atoms with van der Waals surface area (Å²) in [5.41, 5.74) is 1.27. The van der Waals surface area contributed by atoms with E-state index in [-0.39, 0.29) is 18.1 Å². The van der Waals surface area contributed by atoms with Crippen LogP contribution in [0.2, 0.25) is 0 Å². The molecule has 1 aliphatic heterocycles. The predicted molar refractivity (Wildman–Crippen MR) is 105 cm³/mol. The Kier molecular flexibility index (Phi) is 6.69. The molecule has 1 heterocycles. The molecule has 0 spiro atoms. The third-order valence-corrected chi connectivity index (χ3v) is 4.78. The maximum Gasteiger partial charge on any atom is 0.573 e. The van der Waals surface area contributed by atoms with Gasteiger partial charge in [-0.1, -0.05) is 30.3 Å². The van der Waals surface area contributed by atoms with Crippen LogP contribution in [0.3, 0.4) is 0 Å². The Bertz CT molecular complexity index is 937. The highest BCUT2D eigenvalue weighted by molar-refractivity contribution is 5.90. The van der Waals surface area contributed by atoms with Gasteiger partial charge in [-0.2, -0.15) is 0 Å². The first-order valence-corrected chi connectivity index (χ1v) is 9.50. The lowest BCUT2D eigenvalue weighted by Gasteiger charge is -2.32. The van der Waals surface area contributed by atoms with E-state index in [4.69, 9.17) is 4.74 Å². The van der Waals surface area contributed by atoms with Crippen molar-refractivity contribution >= 4 is 11.8 Å². The van der Waals surface area contributed by atoms with Crippen LogP contribution in [0.25, 0.3) is 0 Å². The second-order valence-electron chi connectivity index (χ2n) is 7.02. The SMILES string of the molecule is COc1cc(OC(F)(F)F)ccc1C(C)NC(=O)C1CC(=O)NC(c2ccccc2)N1. The molecular weight excluding hydrogens is 415 g/mol. The van der Waals surface area contributed by atoms with Crippen molar-refractivity contribution in [2.24, 2.45) is 0 Å². The Balaban J connectivity index is 1.70. The van der Waals surface area contributed by atoms with Gasteiger partial charge >= 0.3 is 6.36 Å². The maximum absolute atomic E-state index is 12.8. The van der Waals surface area contributed by atoms with Gasteiger partial charge in [-0.15, -0.1) is 13.2 Å². The van der Waals surface area contributed by atoms with E-state index >= 15 is 0 Å². The number of alkyl halides is 3. The third-order valence-electron chi connectivity index (χ3n) is 4.78. The molecule has 2 aromatic rings. The molecule has 1 fully saturated rings. The largest absolute Gasteiger partial charge is 0.573 e. The number of rotatable bonds is 6. The van der Waals surface area contributed by atoms with Gasteiger partial charge in [0.1, 0.15) is 17.7 Å². The minimum Gasteiger partial charge on any atom is -0.496 e. The summed E-state index contributed by atoms with van der Waals surface area (Å²) in [6.45, 7) is 1.66. The van der Waals surface area contributed by atoms with E-state index in [1.165, 1.54) is 13.2 Å². The Morgan fingerprint density at radius 1 is 1.19 bits per heavy atom. The highest BCUT2D eigenvalue weighted by Crippen LogP contribution is 2.32. The number of hydrogen-bond acceptors (Lipinski definition) is 5. The summed E-state index contributed by atoms with van der Waals surface area (Å²) in [5.74, 6) is -0.985. The average molecular weight is 437 g/mol. The molecule has 2 amide bonds. The standard InChI is InChI=1S/C21H22F3N3O4/c1-12(15-9-8-14(10-17(15)30-2)31-21(22,23)24)25-20(29)16-11-18(28)27-19(26-16)13-6-4-3-5-7-13/h3-10,12,16,19,26H,11H2,1-2H3,(H,25,29)(H,27,28). The second kappa shape index (κ2) is 9.25. The van der Waals surface area contributed by atoms with Gasteiger partial charge in [-0.3, -0.25) is 14.9 Å². The minimum absolute atomic E-state index is 0.0443. The first-order valence-electron chi connectivity index (χ1n) is 9.50. The molecule has 2 aromatic carbocycles. The van der Waals surface area contributed by atoms with Crippen LogP contribution in [0.1, 0.15) is 36.7 Å². The fraction of sp³-hybridized carbons (Fsp3) is 0.333. The zero-order valence-corrected chi connectivity index (χ0v) is 16.8. The van der Waals surface area contributed by atoms with Crippen molar-refractivity contribution < 1.29 is 32.2 Å². The number of amides is 2. The van der Waals surface area contributed by atoms with Crippen LogP contribution < -0.4 is 25.4 Å². The molecule has 3 atom stereocenters. The number of methoxy groups -OCH3 is 1. The van der Waals surface area contributed by atoms with Gasteiger partial charge in [0, 0.05) is 11.6 Å². The number of ether oxygens (including phenoxy) is 2. The van der Waals surface area contributed by atoms with Crippen molar-refractivity contribution in [3.8, 4) is 11.5 Å². The van der Waals surface area contributed by atoms with Crippen molar-refractivity contribution in [1.29, 1.82) is 0 Å². The summed E-state index contributed by atoms with van der Waals surface area (Å²) in [7, 11) is 1.31. The second-order valence-corrected chi connectivity index (χ2v) is 7.02. The molecule has 166 valence electrons. The highest BCUT2D eigenvalue weighted by Gasteiger charge is 2.33. The lowest BCUT2D eigenvalue weighted by atomic mass is 10.0. The fourth-order valence-electron chi connectivity index (χ4n) is 3.34. The van der Waals surface area contributed by atoms with E-state index in [9.17, 15) is 22.8 Å². The zero-order chi connectivity index (χ0) is 22.6. The smallest absolute Gasteiger partial charge is 0.496 e. The lowest BCUT2D eigenvalue weighted by Crippen LogP contribution is -2.56. The molecule has 1 aliphatic rings. The van der Waals surface area contributed by atoms with Crippen LogP contribution in [0.15, 0.2) is 48.5 Å². The van der Waals surface area contributed by atoms with Crippen molar-refractivity contribution in [2.75, 3.05) is 7.11 Å². The van der Waals surface area contributed by atoms with Crippen molar-refractivity contribution in [3.63, 3.8) is 0 Å². The molecule has 7 nitrogen and oxygen atoms in total. The average Bonchev–Trinajstić information content (AvgIpc) is 2.72. The number of nitrogens with one attached hydrogen (secondary N) is 3. The normalized spacial score (nSPS) is 19.8. The van der Waals surface area contributed by atoms with Crippen LogP contribution in [0.4, 0.5) is 13.2 Å². The summed E-state index contributed by atoms with van der Waals surface area (Å²) in [5, 5.41) is 8.67. The molecule has 0 aromatic heterocycles. The van der Waals surface area contributed by atoms with Gasteiger partial charge in [0.15, 0.2) is 0 Å². The number of carbonyl (C=O) groups excluding carboxylic acids is 2. The Morgan fingerprint density at radius 2 is 1.90 bits per heavy atom. The van der Waals surface area contributed by atoms with Gasteiger partial charge in [0.25, 0.3) is 0 Å². The van der Waals surface area contributed by atoms with Crippen LogP contribution >= 0.6 is 0 Å². The highest BCUT2D eigenvalue weighted by atomic mass is 19.4. The van der Waals surface area contributed by atoms with Crippen molar-refractivity contribution in [3.05, 3.63) is 59.7 Å². The molecular formula is C21H22F3N3O4. The number of benzene rings is 2. The first-order chi connectivity index (χ1) is 14.7. The van der Waals surface area contributed by atoms with Crippen LogP contribution in [0.5, 0.6) is 11.5 Å². The molecule has 0 radical (unpaired) electrons. The van der Waals surface area contributed by atoms with E-state index in [0.717, 1.165) is 17.7 Å². The third kappa shape index (κ3) is 5.88. The number of hydrogen-bond donors (Lipinski definition) is 3. The zero-order valence-electron chi connectivity index (χ0n) is 16.8. The van der Waals surface area contributed by atoms with Gasteiger partial charge in [0.2, 0.25) is 11.8 Å². The molecule has 1 saturated heterocycles. The number of halogens is 3. The molecule has 31 heavy (non-hydrogen) atoms. The van der Waals surface area contributed by atoms with E-state index in [2.05, 4.69) is 20.7 Å². The summed E-state index contributed by atoms with van der Waals surface area (Å²) >= 11 is 0. The molecule has 0 saturated carbocycles. The predicted octanol–water partition coefficient (Wildman–Crippen LogP) is 2.95. The van der Waals surface area contributed by atoms with Crippen molar-refractivity contribution in [2.45, 2.75) is 38.0 Å². The van der Waals surface area contributed by atoms with Crippen LogP contribution in [0, 0.1) is 0 Å². The molecule has 3 rings (SSSR count). The monoisotopic (exact) mass is 437 g/mol. The summed E-state index contributed by atoms with van der Waals surface area (Å²) in [6, 6.07) is 11.4. The molecule has 10 heteroatoms. The van der Waals surface area contributed by atoms with Gasteiger partial charge in [-0.05, 0) is 24.6 Å². The lowest BCUT2D eigenvalue weighted by molar-refractivity contribution is -0.274. The van der Waals surface area contributed by atoms with E-state index < -0.39 is 36.3 Å². The summed E-state index contributed by atoms with van der Waals surface area (Å²) in [4.78, 5) is 24.9. The van der Waals surface area contributed by atoms with Gasteiger partial charge in [0.05, 0.1) is 25.6 Å². The van der Waals surface area contributed by atoms with Crippen LogP contribution in [-0.2, 0) is 9.59 Å². The fourth-order valence-corrected chi connectivity index (χ4v) is 3.34. The van der Waals surface area contributed by atoms with E-state index in [0.29, 0.717) is 5.56 Å². The number of carbonyl (C=O) groups is 2. The first kappa shape index (κ1) is 22.4. The Labute approximate surface area is 176 Å². The van der Waals surface area contributed by atoms with E-state index in [1.807, 2.05) is 30.3 Å². The molecule has 0 aliphatic carbocycles. The van der Waals surface area contributed by atoms with Crippen molar-refractivity contribution in [1.82, 2.24) is 16.0 Å². The molecule has 0 bridgehead atoms. The molecule has 3 N–H and O–H groups in total. The summed E-state index contributed by atoms with van der Waals surface area (Å²) < 4.78 is 46.4. The summed E-state index contributed by atoms with van der Waals surface area (Å²) in [6.07, 6.45) is -5.38. The van der Waals surface area contributed by atoms with Gasteiger partial charge < -0.3 is 20.1 Å². The quantitative estimate of drug-likeness (QED) is 0.647. The van der Waals surface area contributed by atoms with E-state index in [1.54, 1.807) is 6.92 Å². The topological polar surface area (TPSA) is 88.7 Å². The Hall–Kier alpha value is -3.27. The molecule has 3 unspecified atom stereocenters. The maximum atomic E-state index is 12.8. The Morgan fingerprint density at radius 3 is 2.55 bits per heavy atom. The van der Waals surface area contributed by atoms with Crippen LogP contribution in [-0.4, -0.2) is 31.3 Å². The van der Waals surface area contributed by atoms with Gasteiger partial charge in [-0.25, -0.2) is 0 Å². The minimum atomic E-state index is -4.82.